The monoisotopic (exact) mass is 142 g/mol. The van der Waals surface area contributed by atoms with Crippen LogP contribution in [0.15, 0.2) is 5.16 Å². The van der Waals surface area contributed by atoms with Crippen molar-refractivity contribution in [3.05, 3.63) is 0 Å². The largest absolute Gasteiger partial charge is 0.396 e. The van der Waals surface area contributed by atoms with Crippen LogP contribution in [0.3, 0.4) is 0 Å². The van der Waals surface area contributed by atoms with Crippen molar-refractivity contribution >= 4 is 5.71 Å². The summed E-state index contributed by atoms with van der Waals surface area (Å²) in [6, 6.07) is 0. The van der Waals surface area contributed by atoms with Crippen LogP contribution in [0.25, 0.3) is 0 Å². The van der Waals surface area contributed by atoms with Crippen molar-refractivity contribution in [2.24, 2.45) is 5.16 Å². The molecule has 1 rings (SSSR count). The summed E-state index contributed by atoms with van der Waals surface area (Å²) in [6.45, 7) is 4.63. The first-order chi connectivity index (χ1) is 4.93. The van der Waals surface area contributed by atoms with Gasteiger partial charge in [-0.2, -0.15) is 0 Å². The second kappa shape index (κ2) is 4.28. The zero-order chi connectivity index (χ0) is 7.23. The zero-order valence-electron chi connectivity index (χ0n) is 6.39. The molecule has 1 fully saturated rings. The van der Waals surface area contributed by atoms with E-state index in [1.165, 1.54) is 6.42 Å². The third-order valence-electron chi connectivity index (χ3n) is 1.47. The number of hydrogen-bond donors (Lipinski definition) is 1. The van der Waals surface area contributed by atoms with Crippen molar-refractivity contribution < 1.29 is 4.84 Å². The third kappa shape index (κ3) is 2.35. The van der Waals surface area contributed by atoms with Crippen molar-refractivity contribution in [1.82, 2.24) is 5.32 Å². The van der Waals surface area contributed by atoms with Gasteiger partial charge in [-0.1, -0.05) is 5.16 Å². The lowest BCUT2D eigenvalue weighted by atomic mass is 10.1. The topological polar surface area (TPSA) is 33.6 Å². The van der Waals surface area contributed by atoms with Crippen LogP contribution in [-0.4, -0.2) is 25.4 Å². The zero-order valence-corrected chi connectivity index (χ0v) is 6.39. The number of piperidine rings is 1. The minimum absolute atomic E-state index is 0.670. The van der Waals surface area contributed by atoms with Crippen LogP contribution in [0, 0.1) is 0 Å². The molecule has 0 amide bonds. The molecule has 0 atom stereocenters. The summed E-state index contributed by atoms with van der Waals surface area (Å²) < 4.78 is 0. The molecule has 10 heavy (non-hydrogen) atoms. The Bertz CT molecular complexity index is 115. The Hall–Kier alpha value is -0.570. The Balaban J connectivity index is 2.23. The summed E-state index contributed by atoms with van der Waals surface area (Å²) in [7, 11) is 0. The van der Waals surface area contributed by atoms with Gasteiger partial charge in [-0.05, 0) is 26.3 Å². The quantitative estimate of drug-likeness (QED) is 0.577. The van der Waals surface area contributed by atoms with Gasteiger partial charge in [0.05, 0.1) is 5.71 Å². The highest BCUT2D eigenvalue weighted by Crippen LogP contribution is 1.97. The van der Waals surface area contributed by atoms with E-state index in [0.29, 0.717) is 6.61 Å². The van der Waals surface area contributed by atoms with Crippen molar-refractivity contribution in [3.8, 4) is 0 Å². The van der Waals surface area contributed by atoms with E-state index in [1.807, 2.05) is 6.92 Å². The van der Waals surface area contributed by atoms with Crippen LogP contribution in [0.2, 0.25) is 0 Å². The fraction of sp³-hybridized carbons (Fsp3) is 0.857. The molecule has 1 aliphatic heterocycles. The van der Waals surface area contributed by atoms with E-state index in [2.05, 4.69) is 10.5 Å². The predicted molar refractivity (Wildman–Crippen MR) is 41.2 cm³/mol. The molecule has 3 heteroatoms. The first kappa shape index (κ1) is 7.54. The van der Waals surface area contributed by atoms with Gasteiger partial charge in [0.25, 0.3) is 0 Å². The molecular weight excluding hydrogens is 128 g/mol. The molecular formula is C7H14N2O. The molecule has 0 bridgehead atoms. The van der Waals surface area contributed by atoms with Gasteiger partial charge in [0, 0.05) is 6.54 Å². The average Bonchev–Trinajstić information content (AvgIpc) is 2.03. The van der Waals surface area contributed by atoms with Gasteiger partial charge in [-0.25, -0.2) is 0 Å². The van der Waals surface area contributed by atoms with Crippen molar-refractivity contribution in [2.45, 2.75) is 19.8 Å². The standard InChI is InChI=1S/C7H14N2O/c1-2-10-9-7-4-3-5-8-6-7/h8H,2-6H2,1H3. The van der Waals surface area contributed by atoms with Crippen LogP contribution >= 0.6 is 0 Å². The van der Waals surface area contributed by atoms with Crippen LogP contribution in [0.5, 0.6) is 0 Å². The van der Waals surface area contributed by atoms with E-state index in [1.54, 1.807) is 0 Å². The van der Waals surface area contributed by atoms with E-state index in [9.17, 15) is 0 Å². The molecule has 0 aromatic carbocycles. The molecule has 3 nitrogen and oxygen atoms in total. The highest BCUT2D eigenvalue weighted by molar-refractivity contribution is 5.86. The summed E-state index contributed by atoms with van der Waals surface area (Å²) >= 11 is 0. The Kier molecular flexibility index (Phi) is 3.22. The summed E-state index contributed by atoms with van der Waals surface area (Å²) in [5, 5.41) is 7.19. The van der Waals surface area contributed by atoms with E-state index in [4.69, 9.17) is 4.84 Å². The third-order valence-corrected chi connectivity index (χ3v) is 1.47. The van der Waals surface area contributed by atoms with E-state index >= 15 is 0 Å². The minimum atomic E-state index is 0.670. The van der Waals surface area contributed by atoms with Gasteiger partial charge in [0.2, 0.25) is 0 Å². The highest BCUT2D eigenvalue weighted by Gasteiger charge is 2.05. The molecule has 0 unspecified atom stereocenters. The number of rotatable bonds is 2. The number of nitrogens with one attached hydrogen (secondary N) is 1. The Labute approximate surface area is 61.4 Å². The van der Waals surface area contributed by atoms with Gasteiger partial charge in [-0.3, -0.25) is 0 Å². The molecule has 58 valence electrons. The van der Waals surface area contributed by atoms with Crippen LogP contribution in [0.1, 0.15) is 19.8 Å². The predicted octanol–water partition coefficient (Wildman–Crippen LogP) is 0.762. The summed E-state index contributed by atoms with van der Waals surface area (Å²) in [5.74, 6) is 0. The molecule has 0 aliphatic carbocycles. The molecule has 0 aromatic rings. The molecule has 0 aromatic heterocycles. The minimum Gasteiger partial charge on any atom is -0.396 e. The lowest BCUT2D eigenvalue weighted by molar-refractivity contribution is 0.157. The van der Waals surface area contributed by atoms with Crippen molar-refractivity contribution in [3.63, 3.8) is 0 Å². The first-order valence-corrected chi connectivity index (χ1v) is 3.82. The van der Waals surface area contributed by atoms with Crippen LogP contribution in [0.4, 0.5) is 0 Å². The van der Waals surface area contributed by atoms with E-state index in [-0.39, 0.29) is 0 Å². The molecule has 0 radical (unpaired) electrons. The maximum Gasteiger partial charge on any atom is 0.114 e. The lowest BCUT2D eigenvalue weighted by Gasteiger charge is -2.12. The summed E-state index contributed by atoms with van der Waals surface area (Å²) in [5.41, 5.74) is 1.15. The number of hydrogen-bond acceptors (Lipinski definition) is 3. The Morgan fingerprint density at radius 3 is 3.20 bits per heavy atom. The van der Waals surface area contributed by atoms with Gasteiger partial charge < -0.3 is 10.2 Å². The number of nitrogens with zero attached hydrogens (tertiary/aromatic N) is 1. The van der Waals surface area contributed by atoms with Gasteiger partial charge in [0.1, 0.15) is 6.61 Å². The molecule has 1 aliphatic rings. The number of oxime groups is 1. The molecule has 1 heterocycles. The SMILES string of the molecule is CCON=C1CCCNC1. The van der Waals surface area contributed by atoms with Gasteiger partial charge in [-0.15, -0.1) is 0 Å². The molecule has 1 N–H and O–H groups in total. The first-order valence-electron chi connectivity index (χ1n) is 3.82. The van der Waals surface area contributed by atoms with E-state index < -0.39 is 0 Å². The second-order valence-electron chi connectivity index (χ2n) is 2.36. The average molecular weight is 142 g/mol. The fourth-order valence-corrected chi connectivity index (χ4v) is 0.972. The highest BCUT2D eigenvalue weighted by atomic mass is 16.6. The second-order valence-corrected chi connectivity index (χ2v) is 2.36. The maximum absolute atomic E-state index is 4.92. The molecule has 0 spiro atoms. The Morgan fingerprint density at radius 2 is 2.60 bits per heavy atom. The van der Waals surface area contributed by atoms with Gasteiger partial charge >= 0.3 is 0 Å². The van der Waals surface area contributed by atoms with Crippen molar-refractivity contribution in [1.29, 1.82) is 0 Å². The van der Waals surface area contributed by atoms with E-state index in [0.717, 1.165) is 25.2 Å². The van der Waals surface area contributed by atoms with Crippen LogP contribution < -0.4 is 5.32 Å². The lowest BCUT2D eigenvalue weighted by Crippen LogP contribution is -2.30. The molecule has 1 saturated heterocycles. The van der Waals surface area contributed by atoms with Crippen molar-refractivity contribution in [2.75, 3.05) is 19.7 Å². The normalized spacial score (nSPS) is 23.1. The fourth-order valence-electron chi connectivity index (χ4n) is 0.972. The maximum atomic E-state index is 4.92. The Morgan fingerprint density at radius 1 is 1.70 bits per heavy atom. The molecule has 0 saturated carbocycles. The van der Waals surface area contributed by atoms with Gasteiger partial charge in [0.15, 0.2) is 0 Å². The summed E-state index contributed by atoms with van der Waals surface area (Å²) in [6.07, 6.45) is 2.28. The smallest absolute Gasteiger partial charge is 0.114 e. The summed E-state index contributed by atoms with van der Waals surface area (Å²) in [4.78, 5) is 4.92. The van der Waals surface area contributed by atoms with Crippen LogP contribution in [-0.2, 0) is 4.84 Å².